The topological polar surface area (TPSA) is 35.3 Å². The van der Waals surface area contributed by atoms with Crippen LogP contribution in [0.2, 0.25) is 5.02 Å². The van der Waals surface area contributed by atoms with E-state index in [1.54, 1.807) is 0 Å². The van der Waals surface area contributed by atoms with E-state index >= 15 is 0 Å². The summed E-state index contributed by atoms with van der Waals surface area (Å²) in [7, 11) is 0. The summed E-state index contributed by atoms with van der Waals surface area (Å²) in [5.41, 5.74) is 3.67. The zero-order valence-corrected chi connectivity index (χ0v) is 14.4. The molecule has 1 heterocycles. The Labute approximate surface area is 142 Å². The van der Waals surface area contributed by atoms with Crippen LogP contribution in [0.5, 0.6) is 5.75 Å². The maximum absolute atomic E-state index is 6.15. The molecule has 0 aliphatic carbocycles. The van der Waals surface area contributed by atoms with Crippen molar-refractivity contribution in [1.29, 1.82) is 0 Å². The van der Waals surface area contributed by atoms with Crippen molar-refractivity contribution in [1.82, 2.24) is 5.16 Å². The highest BCUT2D eigenvalue weighted by atomic mass is 79.9. The molecule has 0 saturated heterocycles. The molecule has 0 saturated carbocycles. The van der Waals surface area contributed by atoms with Crippen LogP contribution in [0.1, 0.15) is 16.8 Å². The minimum Gasteiger partial charge on any atom is -0.488 e. The number of rotatable bonds is 5. The summed E-state index contributed by atoms with van der Waals surface area (Å²) in [6.07, 6.45) is 0.840. The predicted molar refractivity (Wildman–Crippen MR) is 92.0 cm³/mol. The van der Waals surface area contributed by atoms with E-state index in [0.29, 0.717) is 11.6 Å². The molecule has 0 fully saturated rings. The van der Waals surface area contributed by atoms with Gasteiger partial charge in [0.2, 0.25) is 0 Å². The highest BCUT2D eigenvalue weighted by Gasteiger charge is 2.13. The highest BCUT2D eigenvalue weighted by Crippen LogP contribution is 2.30. The Bertz CT molecular complexity index is 800. The molecule has 3 nitrogen and oxygen atoms in total. The molecular formula is C17H15BrClNO2. The zero-order chi connectivity index (χ0) is 15.5. The monoisotopic (exact) mass is 379 g/mol. The van der Waals surface area contributed by atoms with Crippen molar-refractivity contribution in [2.24, 2.45) is 0 Å². The molecule has 0 bridgehead atoms. The van der Waals surface area contributed by atoms with E-state index in [4.69, 9.17) is 20.9 Å². The standard InChI is InChI=1S/C17H15BrClNO2/c1-11-16(21-10-12-4-2-3-5-14(12)19)7-6-13-15(8-9-18)20-22-17(11)13/h2-7H,8-10H2,1H3. The van der Waals surface area contributed by atoms with Gasteiger partial charge in [0.15, 0.2) is 5.58 Å². The van der Waals surface area contributed by atoms with Gasteiger partial charge in [-0.15, -0.1) is 0 Å². The van der Waals surface area contributed by atoms with E-state index in [1.165, 1.54) is 0 Å². The molecule has 0 radical (unpaired) electrons. The van der Waals surface area contributed by atoms with Gasteiger partial charge in [0.25, 0.3) is 0 Å². The van der Waals surface area contributed by atoms with Crippen molar-refractivity contribution >= 4 is 38.5 Å². The lowest BCUT2D eigenvalue weighted by atomic mass is 10.1. The molecule has 114 valence electrons. The summed E-state index contributed by atoms with van der Waals surface area (Å²) in [5, 5.41) is 6.75. The van der Waals surface area contributed by atoms with Gasteiger partial charge in [0, 0.05) is 33.3 Å². The molecular weight excluding hydrogens is 366 g/mol. The number of benzene rings is 2. The van der Waals surface area contributed by atoms with Crippen molar-refractivity contribution in [2.45, 2.75) is 20.0 Å². The molecule has 0 aliphatic rings. The third-order valence-corrected chi connectivity index (χ3v) is 4.35. The van der Waals surface area contributed by atoms with Gasteiger partial charge in [-0.1, -0.05) is 50.9 Å². The van der Waals surface area contributed by atoms with E-state index in [2.05, 4.69) is 21.1 Å². The molecule has 3 rings (SSSR count). The molecule has 0 spiro atoms. The Morgan fingerprint density at radius 1 is 1.23 bits per heavy atom. The smallest absolute Gasteiger partial charge is 0.173 e. The second-order valence-electron chi connectivity index (χ2n) is 5.01. The van der Waals surface area contributed by atoms with Crippen molar-refractivity contribution < 1.29 is 9.26 Å². The van der Waals surface area contributed by atoms with Gasteiger partial charge >= 0.3 is 0 Å². The van der Waals surface area contributed by atoms with Crippen LogP contribution in [0.4, 0.5) is 0 Å². The maximum Gasteiger partial charge on any atom is 0.173 e. The summed E-state index contributed by atoms with van der Waals surface area (Å²) >= 11 is 9.58. The van der Waals surface area contributed by atoms with Gasteiger partial charge < -0.3 is 9.26 Å². The molecule has 0 unspecified atom stereocenters. The van der Waals surface area contributed by atoms with Crippen molar-refractivity contribution in [2.75, 3.05) is 5.33 Å². The number of aryl methyl sites for hydroxylation is 2. The second-order valence-corrected chi connectivity index (χ2v) is 6.21. The quantitative estimate of drug-likeness (QED) is 0.563. The number of fused-ring (bicyclic) bond motifs is 1. The number of nitrogens with zero attached hydrogens (tertiary/aromatic N) is 1. The van der Waals surface area contributed by atoms with Gasteiger partial charge in [-0.05, 0) is 25.1 Å². The largest absolute Gasteiger partial charge is 0.488 e. The first-order valence-electron chi connectivity index (χ1n) is 7.00. The maximum atomic E-state index is 6.15. The van der Waals surface area contributed by atoms with Crippen LogP contribution in [0.3, 0.4) is 0 Å². The normalized spacial score (nSPS) is 11.0. The third kappa shape index (κ3) is 2.99. The van der Waals surface area contributed by atoms with Crippen molar-refractivity contribution in [3.63, 3.8) is 0 Å². The lowest BCUT2D eigenvalue weighted by molar-refractivity contribution is 0.304. The van der Waals surface area contributed by atoms with Crippen LogP contribution in [-0.2, 0) is 13.0 Å². The molecule has 2 aromatic carbocycles. The Morgan fingerprint density at radius 2 is 2.05 bits per heavy atom. The van der Waals surface area contributed by atoms with Crippen LogP contribution < -0.4 is 4.74 Å². The van der Waals surface area contributed by atoms with Crippen LogP contribution in [-0.4, -0.2) is 10.5 Å². The predicted octanol–water partition coefficient (Wildman–Crippen LogP) is 5.31. The molecule has 1 aromatic heterocycles. The minimum atomic E-state index is 0.425. The summed E-state index contributed by atoms with van der Waals surface area (Å²) in [6.45, 7) is 2.40. The number of halogens is 2. The molecule has 0 aliphatic heterocycles. The van der Waals surface area contributed by atoms with Gasteiger partial charge in [-0.25, -0.2) is 0 Å². The Morgan fingerprint density at radius 3 is 2.82 bits per heavy atom. The molecule has 0 amide bonds. The van der Waals surface area contributed by atoms with E-state index in [1.807, 2.05) is 43.3 Å². The fourth-order valence-electron chi connectivity index (χ4n) is 2.37. The van der Waals surface area contributed by atoms with Gasteiger partial charge in [0.05, 0.1) is 5.69 Å². The SMILES string of the molecule is Cc1c(OCc2ccccc2Cl)ccc2c(CCBr)noc12. The molecule has 0 atom stereocenters. The fraction of sp³-hybridized carbons (Fsp3) is 0.235. The van der Waals surface area contributed by atoms with Gasteiger partial charge in [-0.2, -0.15) is 0 Å². The first kappa shape index (κ1) is 15.4. The number of aromatic nitrogens is 1. The summed E-state index contributed by atoms with van der Waals surface area (Å²) in [6, 6.07) is 11.6. The number of hydrogen-bond acceptors (Lipinski definition) is 3. The summed E-state index contributed by atoms with van der Waals surface area (Å²) in [4.78, 5) is 0. The Kier molecular flexibility index (Phi) is 4.69. The Hall–Kier alpha value is -1.52. The fourth-order valence-corrected chi connectivity index (χ4v) is 2.93. The second kappa shape index (κ2) is 6.71. The van der Waals surface area contributed by atoms with Crippen LogP contribution >= 0.6 is 27.5 Å². The minimum absolute atomic E-state index is 0.425. The first-order valence-corrected chi connectivity index (χ1v) is 8.50. The average Bonchev–Trinajstić information content (AvgIpc) is 2.93. The molecule has 0 N–H and O–H groups in total. The van der Waals surface area contributed by atoms with Crippen LogP contribution in [0.25, 0.3) is 11.0 Å². The Balaban J connectivity index is 1.86. The van der Waals surface area contributed by atoms with Gasteiger partial charge in [0.1, 0.15) is 12.4 Å². The van der Waals surface area contributed by atoms with Crippen molar-refractivity contribution in [3.05, 3.63) is 58.2 Å². The number of alkyl halides is 1. The van der Waals surface area contributed by atoms with E-state index in [-0.39, 0.29) is 0 Å². The summed E-state index contributed by atoms with van der Waals surface area (Å²) < 4.78 is 11.4. The average molecular weight is 381 g/mol. The van der Waals surface area contributed by atoms with E-state index in [9.17, 15) is 0 Å². The van der Waals surface area contributed by atoms with Crippen LogP contribution in [0, 0.1) is 6.92 Å². The molecule has 22 heavy (non-hydrogen) atoms. The number of hydrogen-bond donors (Lipinski definition) is 0. The van der Waals surface area contributed by atoms with E-state index < -0.39 is 0 Å². The zero-order valence-electron chi connectivity index (χ0n) is 12.1. The lowest BCUT2D eigenvalue weighted by Gasteiger charge is -2.10. The summed E-state index contributed by atoms with van der Waals surface area (Å²) in [5.74, 6) is 0.786. The molecule has 5 heteroatoms. The highest BCUT2D eigenvalue weighted by molar-refractivity contribution is 9.09. The molecule has 3 aromatic rings. The third-order valence-electron chi connectivity index (χ3n) is 3.59. The van der Waals surface area contributed by atoms with Crippen molar-refractivity contribution in [3.8, 4) is 5.75 Å². The lowest BCUT2D eigenvalue weighted by Crippen LogP contribution is -1.98. The van der Waals surface area contributed by atoms with Gasteiger partial charge in [-0.3, -0.25) is 0 Å². The first-order chi connectivity index (χ1) is 10.7. The van der Waals surface area contributed by atoms with E-state index in [0.717, 1.165) is 45.3 Å². The number of ether oxygens (including phenoxy) is 1. The van der Waals surface area contributed by atoms with Crippen LogP contribution in [0.15, 0.2) is 40.9 Å².